The van der Waals surface area contributed by atoms with Gasteiger partial charge < -0.3 is 4.90 Å². The summed E-state index contributed by atoms with van der Waals surface area (Å²) in [7, 11) is -5.17. The third kappa shape index (κ3) is 4.25. The molecular weight excluding hydrogens is 394 g/mol. The van der Waals surface area contributed by atoms with E-state index in [0.29, 0.717) is 11.6 Å². The number of hydrogen-bond donors (Lipinski definition) is 0. The molecule has 1 aliphatic rings. The normalized spacial score (nSPS) is 20.3. The van der Waals surface area contributed by atoms with Crippen molar-refractivity contribution < 1.29 is 16.8 Å². The molecule has 0 bridgehead atoms. The van der Waals surface area contributed by atoms with Gasteiger partial charge in [-0.2, -0.15) is 0 Å². The molecule has 2 aromatic carbocycles. The van der Waals surface area contributed by atoms with Gasteiger partial charge in [-0.15, -0.1) is 0 Å². The molecular formula is C21H27NO4S2. The second-order valence-electron chi connectivity index (χ2n) is 7.80. The average Bonchev–Trinajstić information content (AvgIpc) is 3.09. The van der Waals surface area contributed by atoms with Gasteiger partial charge in [0.1, 0.15) is 0 Å². The highest BCUT2D eigenvalue weighted by molar-refractivity contribution is 7.91. The minimum Gasteiger partial charge on any atom is -0.370 e. The summed E-state index contributed by atoms with van der Waals surface area (Å²) in [5, 5.41) is 0. The van der Waals surface area contributed by atoms with Crippen molar-refractivity contribution in [1.82, 2.24) is 0 Å². The lowest BCUT2D eigenvalue weighted by Crippen LogP contribution is -2.34. The van der Waals surface area contributed by atoms with Gasteiger partial charge in [0.05, 0.1) is 15.5 Å². The molecule has 5 nitrogen and oxygen atoms in total. The highest BCUT2D eigenvalue weighted by atomic mass is 32.2. The Morgan fingerprint density at radius 3 is 2.11 bits per heavy atom. The predicted octanol–water partition coefficient (Wildman–Crippen LogP) is 3.57. The van der Waals surface area contributed by atoms with Crippen LogP contribution in [0.1, 0.15) is 36.3 Å². The zero-order chi connectivity index (χ0) is 20.7. The Labute approximate surface area is 168 Å². The van der Waals surface area contributed by atoms with Crippen LogP contribution in [-0.4, -0.2) is 42.4 Å². The van der Waals surface area contributed by atoms with Crippen LogP contribution in [0.2, 0.25) is 0 Å². The standard InChI is InChI=1S/C21H27NO4S2/c1-15-8-10-16(11-9-15)18-6-5-7-19(18)22(2)20-13-12-17(27(3,23)24)14-21(20)28(4,25)26/h8-14,18-19H,5-7H2,1-4H3/t18-,19-/m0/s1. The Kier molecular flexibility index (Phi) is 5.60. The van der Waals surface area contributed by atoms with Crippen LogP contribution in [0.3, 0.4) is 0 Å². The van der Waals surface area contributed by atoms with Crippen molar-refractivity contribution in [3.8, 4) is 0 Å². The van der Waals surface area contributed by atoms with Gasteiger partial charge in [-0.05, 0) is 43.5 Å². The van der Waals surface area contributed by atoms with Crippen molar-refractivity contribution >= 4 is 25.4 Å². The SMILES string of the molecule is Cc1ccc([C@@H]2CCC[C@@H]2N(C)c2ccc(S(C)(=O)=O)cc2S(C)(=O)=O)cc1. The lowest BCUT2D eigenvalue weighted by molar-refractivity contribution is 0.573. The van der Waals surface area contributed by atoms with E-state index in [9.17, 15) is 16.8 Å². The Hall–Kier alpha value is -1.86. The molecule has 2 aromatic rings. The zero-order valence-electron chi connectivity index (χ0n) is 16.7. The fourth-order valence-corrected chi connectivity index (χ4v) is 5.75. The van der Waals surface area contributed by atoms with Crippen LogP contribution in [0.4, 0.5) is 5.69 Å². The summed E-state index contributed by atoms with van der Waals surface area (Å²) in [4.78, 5) is 2.10. The predicted molar refractivity (Wildman–Crippen MR) is 113 cm³/mol. The molecule has 2 atom stereocenters. The Morgan fingerprint density at radius 1 is 0.893 bits per heavy atom. The van der Waals surface area contributed by atoms with Crippen molar-refractivity contribution in [3.05, 3.63) is 53.6 Å². The largest absolute Gasteiger partial charge is 0.370 e. The molecule has 0 saturated heterocycles. The lowest BCUT2D eigenvalue weighted by Gasteiger charge is -2.33. The molecule has 7 heteroatoms. The maximum atomic E-state index is 12.4. The molecule has 3 rings (SSSR count). The van der Waals surface area contributed by atoms with E-state index in [-0.39, 0.29) is 15.8 Å². The van der Waals surface area contributed by atoms with E-state index in [1.807, 2.05) is 11.9 Å². The monoisotopic (exact) mass is 421 g/mol. The number of hydrogen-bond acceptors (Lipinski definition) is 5. The Balaban J connectivity index is 2.03. The van der Waals surface area contributed by atoms with Crippen LogP contribution in [0.25, 0.3) is 0 Å². The topological polar surface area (TPSA) is 71.5 Å². The smallest absolute Gasteiger partial charge is 0.177 e. The Bertz CT molecular complexity index is 1070. The van der Waals surface area contributed by atoms with Crippen molar-refractivity contribution in [2.75, 3.05) is 24.5 Å². The van der Waals surface area contributed by atoms with Gasteiger partial charge in [-0.3, -0.25) is 0 Å². The average molecular weight is 422 g/mol. The van der Waals surface area contributed by atoms with Crippen LogP contribution in [0, 0.1) is 6.92 Å². The zero-order valence-corrected chi connectivity index (χ0v) is 18.3. The molecule has 0 radical (unpaired) electrons. The molecule has 0 aliphatic heterocycles. The van der Waals surface area contributed by atoms with Gasteiger partial charge in [0.25, 0.3) is 0 Å². The van der Waals surface area contributed by atoms with Crippen LogP contribution in [0.5, 0.6) is 0 Å². The summed E-state index contributed by atoms with van der Waals surface area (Å²) in [5.74, 6) is 0.313. The van der Waals surface area contributed by atoms with Gasteiger partial charge in [0, 0.05) is 31.5 Å². The number of aryl methyl sites for hydroxylation is 1. The summed E-state index contributed by atoms with van der Waals surface area (Å²) >= 11 is 0. The maximum Gasteiger partial charge on any atom is 0.177 e. The summed E-state index contributed by atoms with van der Waals surface area (Å²) in [6.45, 7) is 2.06. The molecule has 0 N–H and O–H groups in total. The molecule has 28 heavy (non-hydrogen) atoms. The van der Waals surface area contributed by atoms with E-state index in [4.69, 9.17) is 0 Å². The number of sulfone groups is 2. The van der Waals surface area contributed by atoms with Crippen molar-refractivity contribution in [1.29, 1.82) is 0 Å². The first-order chi connectivity index (χ1) is 13.0. The summed E-state index contributed by atoms with van der Waals surface area (Å²) in [6, 6.07) is 13.1. The van der Waals surface area contributed by atoms with Crippen molar-refractivity contribution in [3.63, 3.8) is 0 Å². The first kappa shape index (κ1) is 20.9. The Morgan fingerprint density at radius 2 is 1.54 bits per heavy atom. The third-order valence-electron chi connectivity index (χ3n) is 5.62. The molecule has 1 fully saturated rings. The summed E-state index contributed by atoms with van der Waals surface area (Å²) < 4.78 is 48.7. The van der Waals surface area contributed by atoms with Crippen molar-refractivity contribution in [2.24, 2.45) is 0 Å². The number of anilines is 1. The van der Waals surface area contributed by atoms with Crippen LogP contribution in [0.15, 0.2) is 52.3 Å². The third-order valence-corrected chi connectivity index (χ3v) is 7.86. The first-order valence-electron chi connectivity index (χ1n) is 9.32. The van der Waals surface area contributed by atoms with E-state index in [2.05, 4.69) is 31.2 Å². The van der Waals surface area contributed by atoms with Gasteiger partial charge in [0.2, 0.25) is 0 Å². The van der Waals surface area contributed by atoms with Crippen LogP contribution in [-0.2, 0) is 19.7 Å². The molecule has 0 aromatic heterocycles. The number of nitrogens with zero attached hydrogens (tertiary/aromatic N) is 1. The molecule has 0 spiro atoms. The quantitative estimate of drug-likeness (QED) is 0.738. The van der Waals surface area contributed by atoms with Crippen molar-refractivity contribution in [2.45, 2.75) is 47.9 Å². The van der Waals surface area contributed by atoms with Gasteiger partial charge >= 0.3 is 0 Å². The van der Waals surface area contributed by atoms with E-state index < -0.39 is 19.7 Å². The highest BCUT2D eigenvalue weighted by Crippen LogP contribution is 2.40. The number of benzene rings is 2. The van der Waals surface area contributed by atoms with Gasteiger partial charge in [-0.1, -0.05) is 36.2 Å². The van der Waals surface area contributed by atoms with Gasteiger partial charge in [0.15, 0.2) is 19.7 Å². The summed E-state index contributed by atoms with van der Waals surface area (Å²) in [6.07, 6.45) is 5.29. The second-order valence-corrected chi connectivity index (χ2v) is 11.8. The lowest BCUT2D eigenvalue weighted by atomic mass is 9.92. The molecule has 152 valence electrons. The highest BCUT2D eigenvalue weighted by Gasteiger charge is 2.33. The first-order valence-corrected chi connectivity index (χ1v) is 13.1. The van der Waals surface area contributed by atoms with E-state index >= 15 is 0 Å². The molecule has 0 unspecified atom stereocenters. The fourth-order valence-electron chi connectivity index (χ4n) is 4.10. The fraction of sp³-hybridized carbons (Fsp3) is 0.429. The number of likely N-dealkylation sites (N-methyl/N-ethyl adjacent to an activating group) is 1. The minimum atomic E-state index is -3.58. The minimum absolute atomic E-state index is 0.0200. The second kappa shape index (κ2) is 7.52. The van der Waals surface area contributed by atoms with E-state index in [0.717, 1.165) is 31.8 Å². The molecule has 0 heterocycles. The van der Waals surface area contributed by atoms with Crippen LogP contribution < -0.4 is 4.90 Å². The number of rotatable bonds is 5. The van der Waals surface area contributed by atoms with E-state index in [1.165, 1.54) is 23.3 Å². The summed E-state index contributed by atoms with van der Waals surface area (Å²) in [5.41, 5.74) is 3.02. The maximum absolute atomic E-state index is 12.4. The van der Waals surface area contributed by atoms with E-state index in [1.54, 1.807) is 6.07 Å². The molecule has 0 amide bonds. The van der Waals surface area contributed by atoms with Crippen LogP contribution >= 0.6 is 0 Å². The molecule has 1 aliphatic carbocycles. The molecule has 1 saturated carbocycles. The van der Waals surface area contributed by atoms with Gasteiger partial charge in [-0.25, -0.2) is 16.8 Å².